The van der Waals surface area contributed by atoms with Crippen molar-refractivity contribution in [3.05, 3.63) is 40.7 Å². The maximum atomic E-state index is 6.34. The van der Waals surface area contributed by atoms with Crippen LogP contribution in [0, 0.1) is 20.8 Å². The first-order valence-corrected chi connectivity index (χ1v) is 7.27. The summed E-state index contributed by atoms with van der Waals surface area (Å²) in [5.41, 5.74) is 11.4. The Morgan fingerprint density at radius 2 is 1.89 bits per heavy atom. The zero-order chi connectivity index (χ0) is 14.0. The van der Waals surface area contributed by atoms with E-state index in [2.05, 4.69) is 43.0 Å². The lowest BCUT2D eigenvalue weighted by Gasteiger charge is -2.18. The third-order valence-electron chi connectivity index (χ3n) is 3.17. The minimum Gasteiger partial charge on any atom is -0.323 e. The second-order valence-corrected chi connectivity index (χ2v) is 5.88. The summed E-state index contributed by atoms with van der Waals surface area (Å²) < 4.78 is 1.77. The maximum Gasteiger partial charge on any atom is 0.185 e. The molecule has 0 aliphatic heterocycles. The summed E-state index contributed by atoms with van der Waals surface area (Å²) >= 11 is 1.64. The van der Waals surface area contributed by atoms with Gasteiger partial charge in [-0.1, -0.05) is 29.5 Å². The van der Waals surface area contributed by atoms with Crippen molar-refractivity contribution in [3.8, 4) is 0 Å². The van der Waals surface area contributed by atoms with E-state index >= 15 is 0 Å². The molecule has 0 bridgehead atoms. The molecule has 0 saturated carbocycles. The van der Waals surface area contributed by atoms with Crippen LogP contribution >= 0.6 is 11.8 Å². The van der Waals surface area contributed by atoms with Crippen molar-refractivity contribution in [2.24, 2.45) is 12.8 Å². The van der Waals surface area contributed by atoms with E-state index in [0.717, 1.165) is 10.9 Å². The highest BCUT2D eigenvalue weighted by Gasteiger charge is 2.14. The third-order valence-corrected chi connectivity index (χ3v) is 4.32. The van der Waals surface area contributed by atoms with E-state index in [4.69, 9.17) is 5.73 Å². The number of thioether (sulfide) groups is 1. The van der Waals surface area contributed by atoms with Crippen LogP contribution in [0.25, 0.3) is 0 Å². The van der Waals surface area contributed by atoms with E-state index in [1.165, 1.54) is 22.3 Å². The van der Waals surface area contributed by atoms with Crippen LogP contribution in [0.3, 0.4) is 0 Å². The Labute approximate surface area is 118 Å². The fourth-order valence-corrected chi connectivity index (χ4v) is 3.29. The number of aromatic nitrogens is 3. The summed E-state index contributed by atoms with van der Waals surface area (Å²) in [5, 5.41) is 4.96. The first-order chi connectivity index (χ1) is 8.99. The summed E-state index contributed by atoms with van der Waals surface area (Å²) in [6.45, 7) is 6.37. The molecule has 1 aromatic heterocycles. The molecular weight excluding hydrogens is 256 g/mol. The summed E-state index contributed by atoms with van der Waals surface area (Å²) in [7, 11) is 1.89. The standard InChI is InChI=1S/C14H20N4S/c1-9-5-10(2)13(11(3)6-9)12(15)7-19-14-16-8-17-18(14)4/h5-6,8,12H,7,15H2,1-4H3. The summed E-state index contributed by atoms with van der Waals surface area (Å²) in [5.74, 6) is 0.803. The van der Waals surface area contributed by atoms with Crippen molar-refractivity contribution in [2.45, 2.75) is 32.0 Å². The molecule has 1 atom stereocenters. The zero-order valence-corrected chi connectivity index (χ0v) is 12.7. The Morgan fingerprint density at radius 1 is 1.26 bits per heavy atom. The minimum absolute atomic E-state index is 0.0160. The lowest BCUT2D eigenvalue weighted by molar-refractivity contribution is 0.683. The Morgan fingerprint density at radius 3 is 2.42 bits per heavy atom. The van der Waals surface area contributed by atoms with Gasteiger partial charge in [0.05, 0.1) is 0 Å². The summed E-state index contributed by atoms with van der Waals surface area (Å²) in [4.78, 5) is 4.20. The largest absolute Gasteiger partial charge is 0.323 e. The third kappa shape index (κ3) is 3.16. The minimum atomic E-state index is 0.0160. The molecule has 0 amide bonds. The molecule has 19 heavy (non-hydrogen) atoms. The highest BCUT2D eigenvalue weighted by atomic mass is 32.2. The van der Waals surface area contributed by atoms with Crippen molar-refractivity contribution in [2.75, 3.05) is 5.75 Å². The van der Waals surface area contributed by atoms with Crippen molar-refractivity contribution in [3.63, 3.8) is 0 Å². The van der Waals surface area contributed by atoms with Gasteiger partial charge >= 0.3 is 0 Å². The molecular formula is C14H20N4S. The molecule has 1 aromatic carbocycles. The molecule has 4 nitrogen and oxygen atoms in total. The number of rotatable bonds is 4. The van der Waals surface area contributed by atoms with Crippen LogP contribution in [0.15, 0.2) is 23.6 Å². The molecule has 0 radical (unpaired) electrons. The lowest BCUT2D eigenvalue weighted by Crippen LogP contribution is -2.16. The van der Waals surface area contributed by atoms with Crippen LogP contribution in [0.5, 0.6) is 0 Å². The second kappa shape index (κ2) is 5.75. The predicted octanol–water partition coefficient (Wildman–Crippen LogP) is 2.53. The SMILES string of the molecule is Cc1cc(C)c(C(N)CSc2ncnn2C)c(C)c1. The van der Waals surface area contributed by atoms with Gasteiger partial charge in [-0.2, -0.15) is 5.10 Å². The average Bonchev–Trinajstić information content (AvgIpc) is 2.70. The molecule has 2 aromatic rings. The molecule has 0 fully saturated rings. The predicted molar refractivity (Wildman–Crippen MR) is 79.3 cm³/mol. The van der Waals surface area contributed by atoms with E-state index in [0.29, 0.717) is 0 Å². The fourth-order valence-electron chi connectivity index (χ4n) is 2.44. The van der Waals surface area contributed by atoms with Crippen LogP contribution in [-0.2, 0) is 7.05 Å². The summed E-state index contributed by atoms with van der Waals surface area (Å²) in [6.07, 6.45) is 1.57. The van der Waals surface area contributed by atoms with Crippen molar-refractivity contribution in [1.82, 2.24) is 14.8 Å². The van der Waals surface area contributed by atoms with Crippen LogP contribution in [0.1, 0.15) is 28.3 Å². The number of aryl methyl sites for hydroxylation is 4. The summed E-state index contributed by atoms with van der Waals surface area (Å²) in [6, 6.07) is 4.40. The normalized spacial score (nSPS) is 12.7. The van der Waals surface area contributed by atoms with Crippen molar-refractivity contribution < 1.29 is 0 Å². The van der Waals surface area contributed by atoms with Gasteiger partial charge in [-0.3, -0.25) is 0 Å². The molecule has 5 heteroatoms. The van der Waals surface area contributed by atoms with Crippen LogP contribution in [0.2, 0.25) is 0 Å². The molecule has 102 valence electrons. The van der Waals surface area contributed by atoms with E-state index in [1.54, 1.807) is 22.8 Å². The van der Waals surface area contributed by atoms with Gasteiger partial charge in [0.2, 0.25) is 0 Å². The molecule has 0 aliphatic rings. The van der Waals surface area contributed by atoms with Gasteiger partial charge < -0.3 is 5.73 Å². The van der Waals surface area contributed by atoms with Crippen LogP contribution < -0.4 is 5.73 Å². The van der Waals surface area contributed by atoms with Crippen LogP contribution in [-0.4, -0.2) is 20.5 Å². The van der Waals surface area contributed by atoms with Gasteiger partial charge in [-0.25, -0.2) is 9.67 Å². The van der Waals surface area contributed by atoms with E-state index in [-0.39, 0.29) is 6.04 Å². The first-order valence-electron chi connectivity index (χ1n) is 6.29. The van der Waals surface area contributed by atoms with Gasteiger partial charge in [0.15, 0.2) is 5.16 Å². The molecule has 2 rings (SSSR count). The zero-order valence-electron chi connectivity index (χ0n) is 11.8. The van der Waals surface area contributed by atoms with E-state index < -0.39 is 0 Å². The Kier molecular flexibility index (Phi) is 4.27. The monoisotopic (exact) mass is 276 g/mol. The van der Waals surface area contributed by atoms with Crippen LogP contribution in [0.4, 0.5) is 0 Å². The van der Waals surface area contributed by atoms with Gasteiger partial charge in [-0.05, 0) is 37.5 Å². The molecule has 1 unspecified atom stereocenters. The number of benzene rings is 1. The Balaban J connectivity index is 2.12. The fraction of sp³-hybridized carbons (Fsp3) is 0.429. The first kappa shape index (κ1) is 14.1. The van der Waals surface area contributed by atoms with Gasteiger partial charge in [0, 0.05) is 18.8 Å². The van der Waals surface area contributed by atoms with Gasteiger partial charge in [0.25, 0.3) is 0 Å². The molecule has 0 saturated heterocycles. The highest BCUT2D eigenvalue weighted by Crippen LogP contribution is 2.26. The quantitative estimate of drug-likeness (QED) is 0.872. The van der Waals surface area contributed by atoms with E-state index in [9.17, 15) is 0 Å². The number of hydrogen-bond donors (Lipinski definition) is 1. The van der Waals surface area contributed by atoms with Crippen molar-refractivity contribution in [1.29, 1.82) is 0 Å². The maximum absolute atomic E-state index is 6.34. The van der Waals surface area contributed by atoms with Gasteiger partial charge in [-0.15, -0.1) is 0 Å². The van der Waals surface area contributed by atoms with Crippen molar-refractivity contribution >= 4 is 11.8 Å². The average molecular weight is 276 g/mol. The number of hydrogen-bond acceptors (Lipinski definition) is 4. The van der Waals surface area contributed by atoms with E-state index in [1.807, 2.05) is 7.05 Å². The molecule has 0 aliphatic carbocycles. The Bertz CT molecular complexity index is 554. The molecule has 1 heterocycles. The van der Waals surface area contributed by atoms with Gasteiger partial charge in [0.1, 0.15) is 6.33 Å². The second-order valence-electron chi connectivity index (χ2n) is 4.90. The number of nitrogens with two attached hydrogens (primary N) is 1. The lowest BCUT2D eigenvalue weighted by atomic mass is 9.95. The molecule has 0 spiro atoms. The highest BCUT2D eigenvalue weighted by molar-refractivity contribution is 7.99. The molecule has 2 N–H and O–H groups in total. The Hall–Kier alpha value is -1.33. The number of nitrogens with zero attached hydrogens (tertiary/aromatic N) is 3. The smallest absolute Gasteiger partial charge is 0.185 e. The topological polar surface area (TPSA) is 56.7 Å².